The van der Waals surface area contributed by atoms with Crippen molar-refractivity contribution in [2.24, 2.45) is 0 Å². The number of nitrogens with zero attached hydrogens (tertiary/aromatic N) is 1. The summed E-state index contributed by atoms with van der Waals surface area (Å²) in [6.07, 6.45) is -0.477. The first-order chi connectivity index (χ1) is 8.09. The molecule has 1 aromatic rings. The summed E-state index contributed by atoms with van der Waals surface area (Å²) < 4.78 is 0. The van der Waals surface area contributed by atoms with Crippen molar-refractivity contribution in [3.8, 4) is 0 Å². The Morgan fingerprint density at radius 1 is 1.29 bits per heavy atom. The molecule has 0 aliphatic carbocycles. The van der Waals surface area contributed by atoms with E-state index in [1.807, 2.05) is 42.3 Å². The van der Waals surface area contributed by atoms with Crippen LogP contribution >= 0.6 is 0 Å². The smallest absolute Gasteiger partial charge is 0.312 e. The zero-order valence-electron chi connectivity index (χ0n) is 9.72. The molecule has 1 rings (SSSR count). The van der Waals surface area contributed by atoms with E-state index in [1.54, 1.807) is 0 Å². The molecule has 0 unspecified atom stereocenters. The number of carboxylic acids is 1. The maximum Gasteiger partial charge on any atom is 0.312 e. The normalized spacial score (nSPS) is 9.71. The standard InChI is InChI=1S/C12H16N2O3/c1-14(10-5-3-2-4-6-10)8-7-13-11(15)9-12(16)17/h2-6H,7-9H2,1H3,(H,13,15)(H,16,17). The third-order valence-electron chi connectivity index (χ3n) is 2.28. The van der Waals surface area contributed by atoms with E-state index in [2.05, 4.69) is 5.32 Å². The first-order valence-electron chi connectivity index (χ1n) is 5.34. The molecule has 0 saturated carbocycles. The molecule has 5 heteroatoms. The van der Waals surface area contributed by atoms with E-state index >= 15 is 0 Å². The van der Waals surface area contributed by atoms with E-state index in [4.69, 9.17) is 5.11 Å². The van der Waals surface area contributed by atoms with Crippen molar-refractivity contribution >= 4 is 17.6 Å². The lowest BCUT2D eigenvalue weighted by Crippen LogP contribution is -2.33. The van der Waals surface area contributed by atoms with Crippen molar-refractivity contribution in [3.63, 3.8) is 0 Å². The average Bonchev–Trinajstić information content (AvgIpc) is 2.29. The number of nitrogens with one attached hydrogen (secondary N) is 1. The van der Waals surface area contributed by atoms with Gasteiger partial charge in [0.2, 0.25) is 5.91 Å². The SMILES string of the molecule is CN(CCNC(=O)CC(=O)O)c1ccccc1. The fourth-order valence-corrected chi connectivity index (χ4v) is 1.37. The van der Waals surface area contributed by atoms with Gasteiger partial charge in [0.05, 0.1) is 0 Å². The fraction of sp³-hybridized carbons (Fsp3) is 0.333. The van der Waals surface area contributed by atoms with Crippen LogP contribution in [0.15, 0.2) is 30.3 Å². The highest BCUT2D eigenvalue weighted by Gasteiger charge is 2.06. The maximum atomic E-state index is 11.1. The van der Waals surface area contributed by atoms with Gasteiger partial charge in [-0.1, -0.05) is 18.2 Å². The van der Waals surface area contributed by atoms with Crippen LogP contribution in [0.2, 0.25) is 0 Å². The molecule has 0 spiro atoms. The summed E-state index contributed by atoms with van der Waals surface area (Å²) in [6, 6.07) is 9.76. The number of hydrogen-bond donors (Lipinski definition) is 2. The molecule has 5 nitrogen and oxygen atoms in total. The number of para-hydroxylation sites is 1. The lowest BCUT2D eigenvalue weighted by Gasteiger charge is -2.19. The molecule has 0 saturated heterocycles. The highest BCUT2D eigenvalue weighted by Crippen LogP contribution is 2.09. The van der Waals surface area contributed by atoms with Crippen LogP contribution in [-0.4, -0.2) is 37.1 Å². The molecule has 2 N–H and O–H groups in total. The summed E-state index contributed by atoms with van der Waals surface area (Å²) >= 11 is 0. The van der Waals surface area contributed by atoms with E-state index < -0.39 is 18.3 Å². The Morgan fingerprint density at radius 2 is 1.94 bits per heavy atom. The second-order valence-corrected chi connectivity index (χ2v) is 3.68. The van der Waals surface area contributed by atoms with Crippen LogP contribution in [0.1, 0.15) is 6.42 Å². The van der Waals surface area contributed by atoms with Gasteiger partial charge in [0.15, 0.2) is 0 Å². The van der Waals surface area contributed by atoms with Gasteiger partial charge in [-0.05, 0) is 12.1 Å². The minimum absolute atomic E-state index is 0.428. The summed E-state index contributed by atoms with van der Waals surface area (Å²) in [4.78, 5) is 23.3. The lowest BCUT2D eigenvalue weighted by atomic mass is 10.3. The third kappa shape index (κ3) is 5.01. The van der Waals surface area contributed by atoms with E-state index in [-0.39, 0.29) is 0 Å². The van der Waals surface area contributed by atoms with E-state index in [0.29, 0.717) is 13.1 Å². The maximum absolute atomic E-state index is 11.1. The quantitative estimate of drug-likeness (QED) is 0.714. The minimum Gasteiger partial charge on any atom is -0.481 e. The van der Waals surface area contributed by atoms with Gasteiger partial charge in [0.25, 0.3) is 0 Å². The molecule has 0 aromatic heterocycles. The zero-order valence-corrected chi connectivity index (χ0v) is 9.72. The molecular formula is C12H16N2O3. The van der Waals surface area contributed by atoms with Crippen LogP contribution in [0.5, 0.6) is 0 Å². The topological polar surface area (TPSA) is 69.6 Å². The van der Waals surface area contributed by atoms with E-state index in [1.165, 1.54) is 0 Å². The number of hydrogen-bond acceptors (Lipinski definition) is 3. The second kappa shape index (κ2) is 6.52. The number of benzene rings is 1. The Bertz CT molecular complexity index is 379. The molecular weight excluding hydrogens is 220 g/mol. The molecule has 0 bridgehead atoms. The van der Waals surface area contributed by atoms with Gasteiger partial charge < -0.3 is 15.3 Å². The van der Waals surface area contributed by atoms with Crippen LogP contribution in [0.4, 0.5) is 5.69 Å². The van der Waals surface area contributed by atoms with Crippen molar-refractivity contribution in [1.82, 2.24) is 5.32 Å². The van der Waals surface area contributed by atoms with Crippen molar-refractivity contribution < 1.29 is 14.7 Å². The molecule has 0 atom stereocenters. The minimum atomic E-state index is -1.11. The van der Waals surface area contributed by atoms with E-state index in [0.717, 1.165) is 5.69 Å². The number of rotatable bonds is 6. The molecule has 1 aromatic carbocycles. The molecule has 1 amide bonds. The number of anilines is 1. The fourth-order valence-electron chi connectivity index (χ4n) is 1.37. The van der Waals surface area contributed by atoms with Gasteiger partial charge in [0, 0.05) is 25.8 Å². The second-order valence-electron chi connectivity index (χ2n) is 3.68. The van der Waals surface area contributed by atoms with E-state index in [9.17, 15) is 9.59 Å². The van der Waals surface area contributed by atoms with Crippen LogP contribution in [0, 0.1) is 0 Å². The number of aliphatic carboxylic acids is 1. The number of amides is 1. The summed E-state index contributed by atoms with van der Waals surface area (Å²) in [6.45, 7) is 1.06. The first kappa shape index (κ1) is 13.0. The third-order valence-corrected chi connectivity index (χ3v) is 2.28. The largest absolute Gasteiger partial charge is 0.481 e. The number of carbonyl (C=O) groups is 2. The molecule has 0 heterocycles. The van der Waals surface area contributed by atoms with Gasteiger partial charge >= 0.3 is 5.97 Å². The summed E-state index contributed by atoms with van der Waals surface area (Å²) in [7, 11) is 1.92. The molecule has 17 heavy (non-hydrogen) atoms. The van der Waals surface area contributed by atoms with Crippen LogP contribution in [0.25, 0.3) is 0 Å². The Labute approximate surface area is 100 Å². The van der Waals surface area contributed by atoms with Crippen LogP contribution in [-0.2, 0) is 9.59 Å². The van der Waals surface area contributed by atoms with Gasteiger partial charge in [-0.25, -0.2) is 0 Å². The van der Waals surface area contributed by atoms with Gasteiger partial charge in [-0.2, -0.15) is 0 Å². The predicted molar refractivity (Wildman–Crippen MR) is 65.0 cm³/mol. The van der Waals surface area contributed by atoms with Gasteiger partial charge in [0.1, 0.15) is 6.42 Å². The number of carbonyl (C=O) groups excluding carboxylic acids is 1. The number of likely N-dealkylation sites (N-methyl/N-ethyl adjacent to an activating group) is 1. The molecule has 0 fully saturated rings. The summed E-state index contributed by atoms with van der Waals surface area (Å²) in [5, 5.41) is 11.0. The van der Waals surface area contributed by atoms with Crippen molar-refractivity contribution in [2.75, 3.05) is 25.0 Å². The zero-order chi connectivity index (χ0) is 12.7. The van der Waals surface area contributed by atoms with Crippen molar-refractivity contribution in [2.45, 2.75) is 6.42 Å². The highest BCUT2D eigenvalue weighted by atomic mass is 16.4. The summed E-state index contributed by atoms with van der Waals surface area (Å²) in [5.41, 5.74) is 1.06. The molecule has 0 aliphatic rings. The summed E-state index contributed by atoms with van der Waals surface area (Å²) in [5.74, 6) is -1.57. The monoisotopic (exact) mass is 236 g/mol. The Balaban J connectivity index is 2.27. The molecule has 0 radical (unpaired) electrons. The molecule has 0 aliphatic heterocycles. The van der Waals surface area contributed by atoms with Gasteiger partial charge in [-0.15, -0.1) is 0 Å². The van der Waals surface area contributed by atoms with Gasteiger partial charge in [-0.3, -0.25) is 9.59 Å². The Hall–Kier alpha value is -2.04. The Kier molecular flexibility index (Phi) is 5.00. The van der Waals surface area contributed by atoms with Crippen LogP contribution in [0.3, 0.4) is 0 Å². The predicted octanol–water partition coefficient (Wildman–Crippen LogP) is 0.714. The van der Waals surface area contributed by atoms with Crippen LogP contribution < -0.4 is 10.2 Å². The van der Waals surface area contributed by atoms with Crippen molar-refractivity contribution in [1.29, 1.82) is 0 Å². The Morgan fingerprint density at radius 3 is 2.53 bits per heavy atom. The van der Waals surface area contributed by atoms with Crippen molar-refractivity contribution in [3.05, 3.63) is 30.3 Å². The average molecular weight is 236 g/mol. The molecule has 92 valence electrons. The first-order valence-corrected chi connectivity index (χ1v) is 5.34. The number of carboxylic acid groups (broad SMARTS) is 1. The lowest BCUT2D eigenvalue weighted by molar-refractivity contribution is -0.140. The highest BCUT2D eigenvalue weighted by molar-refractivity contribution is 5.93.